The van der Waals surface area contributed by atoms with Gasteiger partial charge in [-0.15, -0.1) is 0 Å². The van der Waals surface area contributed by atoms with Crippen molar-refractivity contribution in [2.45, 2.75) is 18.6 Å². The maximum Gasteiger partial charge on any atom is 0.326 e. The predicted molar refractivity (Wildman–Crippen MR) is 79.7 cm³/mol. The molecule has 21 heavy (non-hydrogen) atoms. The number of carbonyl (C=O) groups excluding carboxylic acids is 1. The smallest absolute Gasteiger partial charge is 0.326 e. The van der Waals surface area contributed by atoms with Gasteiger partial charge in [0.05, 0.1) is 23.4 Å². The number of benzene rings is 1. The van der Waals surface area contributed by atoms with Gasteiger partial charge in [-0.1, -0.05) is 23.4 Å². The van der Waals surface area contributed by atoms with Gasteiger partial charge in [0.15, 0.2) is 5.16 Å². The fourth-order valence-corrected chi connectivity index (χ4v) is 2.71. The maximum absolute atomic E-state index is 11.7. The minimum Gasteiger partial charge on any atom is -0.481 e. The molecule has 1 aromatic carbocycles. The monoisotopic (exact) mass is 328 g/mol. The SMILES string of the molecule is CCOC(=O)Cn1c(SCC(=O)O)nc2cc(Cl)ccc21. The van der Waals surface area contributed by atoms with E-state index in [9.17, 15) is 9.59 Å². The van der Waals surface area contributed by atoms with E-state index in [1.165, 1.54) is 0 Å². The van der Waals surface area contributed by atoms with Gasteiger partial charge in [0.25, 0.3) is 0 Å². The Morgan fingerprint density at radius 2 is 2.24 bits per heavy atom. The zero-order chi connectivity index (χ0) is 15.4. The van der Waals surface area contributed by atoms with E-state index in [0.717, 1.165) is 11.8 Å². The fraction of sp³-hybridized carbons (Fsp3) is 0.308. The number of esters is 1. The highest BCUT2D eigenvalue weighted by Gasteiger charge is 2.16. The molecular weight excluding hydrogens is 316 g/mol. The van der Waals surface area contributed by atoms with Gasteiger partial charge in [-0.25, -0.2) is 4.98 Å². The number of hydrogen-bond acceptors (Lipinski definition) is 5. The second-order valence-corrected chi connectivity index (χ2v) is 5.48. The number of aromatic nitrogens is 2. The highest BCUT2D eigenvalue weighted by atomic mass is 35.5. The number of halogens is 1. The van der Waals surface area contributed by atoms with Crippen LogP contribution in [0.2, 0.25) is 5.02 Å². The zero-order valence-corrected chi connectivity index (χ0v) is 12.8. The number of rotatable bonds is 6. The molecule has 0 aliphatic carbocycles. The number of ether oxygens (including phenoxy) is 1. The van der Waals surface area contributed by atoms with Crippen molar-refractivity contribution >= 4 is 46.3 Å². The summed E-state index contributed by atoms with van der Waals surface area (Å²) in [7, 11) is 0. The molecule has 1 aromatic heterocycles. The molecule has 0 spiro atoms. The third kappa shape index (κ3) is 3.89. The summed E-state index contributed by atoms with van der Waals surface area (Å²) < 4.78 is 6.57. The Balaban J connectivity index is 2.39. The summed E-state index contributed by atoms with van der Waals surface area (Å²) in [5.41, 5.74) is 1.32. The molecular formula is C13H13ClN2O4S. The summed E-state index contributed by atoms with van der Waals surface area (Å²) in [5, 5.41) is 9.75. The Labute approximate surface area is 130 Å². The number of fused-ring (bicyclic) bond motifs is 1. The molecule has 6 nitrogen and oxygen atoms in total. The number of nitrogens with zero attached hydrogens (tertiary/aromatic N) is 2. The first kappa shape index (κ1) is 15.7. The van der Waals surface area contributed by atoms with E-state index in [4.69, 9.17) is 21.4 Å². The molecule has 0 saturated carbocycles. The lowest BCUT2D eigenvalue weighted by atomic mass is 10.3. The number of aliphatic carboxylic acids is 1. The van der Waals surface area contributed by atoms with E-state index >= 15 is 0 Å². The Bertz CT molecular complexity index is 686. The van der Waals surface area contributed by atoms with Crippen molar-refractivity contribution in [3.63, 3.8) is 0 Å². The number of carbonyl (C=O) groups is 2. The van der Waals surface area contributed by atoms with Crippen LogP contribution in [-0.4, -0.2) is 39.0 Å². The standard InChI is InChI=1S/C13H13ClN2O4S/c1-2-20-12(19)6-16-10-4-3-8(14)5-9(10)15-13(16)21-7-11(17)18/h3-5H,2,6-7H2,1H3,(H,17,18). The minimum absolute atomic E-state index is 0.0199. The van der Waals surface area contributed by atoms with E-state index < -0.39 is 11.9 Å². The number of thioether (sulfide) groups is 1. The van der Waals surface area contributed by atoms with E-state index in [0.29, 0.717) is 21.2 Å². The lowest BCUT2D eigenvalue weighted by Crippen LogP contribution is -2.14. The largest absolute Gasteiger partial charge is 0.481 e. The van der Waals surface area contributed by atoms with Crippen molar-refractivity contribution in [1.29, 1.82) is 0 Å². The molecule has 0 aliphatic heterocycles. The normalized spacial score (nSPS) is 10.8. The summed E-state index contributed by atoms with van der Waals surface area (Å²) >= 11 is 6.97. The molecule has 112 valence electrons. The van der Waals surface area contributed by atoms with Crippen LogP contribution >= 0.6 is 23.4 Å². The molecule has 0 atom stereocenters. The molecule has 0 aliphatic rings. The third-order valence-electron chi connectivity index (χ3n) is 2.59. The molecule has 0 bridgehead atoms. The van der Waals surface area contributed by atoms with Crippen molar-refractivity contribution in [2.75, 3.05) is 12.4 Å². The van der Waals surface area contributed by atoms with Crippen LogP contribution in [0.5, 0.6) is 0 Å². The lowest BCUT2D eigenvalue weighted by Gasteiger charge is -2.07. The van der Waals surface area contributed by atoms with Crippen molar-refractivity contribution in [1.82, 2.24) is 9.55 Å². The molecule has 1 heterocycles. The van der Waals surface area contributed by atoms with Crippen LogP contribution in [-0.2, 0) is 20.9 Å². The molecule has 0 amide bonds. The number of imidazole rings is 1. The highest BCUT2D eigenvalue weighted by molar-refractivity contribution is 7.99. The maximum atomic E-state index is 11.7. The molecule has 8 heteroatoms. The minimum atomic E-state index is -0.951. The molecule has 0 unspecified atom stereocenters. The van der Waals surface area contributed by atoms with E-state index in [1.807, 2.05) is 0 Å². The van der Waals surface area contributed by atoms with Crippen LogP contribution in [0.15, 0.2) is 23.4 Å². The summed E-state index contributed by atoms with van der Waals surface area (Å²) in [5.74, 6) is -1.49. The van der Waals surface area contributed by atoms with Crippen LogP contribution in [0.3, 0.4) is 0 Å². The van der Waals surface area contributed by atoms with Crippen molar-refractivity contribution < 1.29 is 19.4 Å². The molecule has 2 aromatic rings. The summed E-state index contributed by atoms with van der Waals surface area (Å²) in [6, 6.07) is 5.11. The summed E-state index contributed by atoms with van der Waals surface area (Å²) in [4.78, 5) is 26.7. The van der Waals surface area contributed by atoms with Gasteiger partial charge < -0.3 is 14.4 Å². The van der Waals surface area contributed by atoms with Crippen LogP contribution in [0.25, 0.3) is 11.0 Å². The van der Waals surface area contributed by atoms with E-state index in [2.05, 4.69) is 4.98 Å². The number of carboxylic acid groups (broad SMARTS) is 1. The van der Waals surface area contributed by atoms with Crippen molar-refractivity contribution in [2.24, 2.45) is 0 Å². The Hall–Kier alpha value is -1.73. The Morgan fingerprint density at radius 3 is 2.90 bits per heavy atom. The first-order chi connectivity index (χ1) is 10.0. The van der Waals surface area contributed by atoms with Gasteiger partial charge in [0.1, 0.15) is 6.54 Å². The van der Waals surface area contributed by atoms with Gasteiger partial charge >= 0.3 is 11.9 Å². The van der Waals surface area contributed by atoms with Crippen LogP contribution in [0.1, 0.15) is 6.92 Å². The van der Waals surface area contributed by atoms with Crippen LogP contribution < -0.4 is 0 Å². The predicted octanol–water partition coefficient (Wildman–Crippen LogP) is 2.43. The van der Waals surface area contributed by atoms with Gasteiger partial charge in [0, 0.05) is 5.02 Å². The average Bonchev–Trinajstić information content (AvgIpc) is 2.74. The second-order valence-electron chi connectivity index (χ2n) is 4.10. The molecule has 0 saturated heterocycles. The van der Waals surface area contributed by atoms with Crippen molar-refractivity contribution in [3.05, 3.63) is 23.2 Å². The molecule has 0 radical (unpaired) electrons. The fourth-order valence-electron chi connectivity index (χ4n) is 1.81. The molecule has 2 rings (SSSR count). The Morgan fingerprint density at radius 1 is 1.48 bits per heavy atom. The van der Waals surface area contributed by atoms with E-state index in [-0.39, 0.29) is 18.9 Å². The first-order valence-corrected chi connectivity index (χ1v) is 7.53. The lowest BCUT2D eigenvalue weighted by molar-refractivity contribution is -0.143. The number of carboxylic acids is 1. The highest BCUT2D eigenvalue weighted by Crippen LogP contribution is 2.26. The molecule has 1 N–H and O–H groups in total. The summed E-state index contributed by atoms with van der Waals surface area (Å²) in [6.45, 7) is 1.99. The number of hydrogen-bond donors (Lipinski definition) is 1. The van der Waals surface area contributed by atoms with Gasteiger partial charge in [0.2, 0.25) is 0 Å². The van der Waals surface area contributed by atoms with Crippen molar-refractivity contribution in [3.8, 4) is 0 Å². The third-order valence-corrected chi connectivity index (χ3v) is 3.79. The topological polar surface area (TPSA) is 81.4 Å². The van der Waals surface area contributed by atoms with E-state index in [1.54, 1.807) is 29.7 Å². The van der Waals surface area contributed by atoms with Gasteiger partial charge in [-0.2, -0.15) is 0 Å². The second kappa shape index (κ2) is 6.82. The van der Waals surface area contributed by atoms with Crippen LogP contribution in [0.4, 0.5) is 0 Å². The Kier molecular flexibility index (Phi) is 5.08. The molecule has 0 fully saturated rings. The van der Waals surface area contributed by atoms with Gasteiger partial charge in [-0.3, -0.25) is 9.59 Å². The summed E-state index contributed by atoms with van der Waals surface area (Å²) in [6.07, 6.45) is 0. The quantitative estimate of drug-likeness (QED) is 0.648. The zero-order valence-electron chi connectivity index (χ0n) is 11.2. The van der Waals surface area contributed by atoms with Gasteiger partial charge in [-0.05, 0) is 25.1 Å². The van der Waals surface area contributed by atoms with Crippen LogP contribution in [0, 0.1) is 0 Å². The first-order valence-electron chi connectivity index (χ1n) is 6.17. The average molecular weight is 329 g/mol.